The van der Waals surface area contributed by atoms with Gasteiger partial charge in [-0.25, -0.2) is 4.79 Å². The van der Waals surface area contributed by atoms with Crippen LogP contribution >= 0.6 is 0 Å². The summed E-state index contributed by atoms with van der Waals surface area (Å²) in [5, 5.41) is 0. The van der Waals surface area contributed by atoms with Crippen LogP contribution in [0.5, 0.6) is 17.2 Å². The summed E-state index contributed by atoms with van der Waals surface area (Å²) >= 11 is 0. The molecule has 0 aromatic heterocycles. The average Bonchev–Trinajstić information content (AvgIpc) is 2.78. The molecule has 0 amide bonds. The molecule has 146 valence electrons. The number of carbonyl (C=O) groups is 2. The molecule has 0 heterocycles. The molecule has 3 aromatic rings. The molecular formula is C24H20O5. The van der Waals surface area contributed by atoms with Gasteiger partial charge in [0.15, 0.2) is 12.4 Å². The minimum absolute atomic E-state index is 0.0339. The fourth-order valence-corrected chi connectivity index (χ4v) is 2.57. The number of rotatable bonds is 8. The maximum absolute atomic E-state index is 12.3. The Balaban J connectivity index is 1.63. The van der Waals surface area contributed by atoms with Crippen molar-refractivity contribution < 1.29 is 23.8 Å². The molecule has 5 heteroatoms. The van der Waals surface area contributed by atoms with E-state index in [0.29, 0.717) is 22.8 Å². The lowest BCUT2D eigenvalue weighted by Crippen LogP contribution is -2.08. The van der Waals surface area contributed by atoms with Crippen LogP contribution in [-0.2, 0) is 4.79 Å². The summed E-state index contributed by atoms with van der Waals surface area (Å²) in [7, 11) is 1.58. The first-order chi connectivity index (χ1) is 14.1. The average molecular weight is 388 g/mol. The van der Waals surface area contributed by atoms with Gasteiger partial charge in [-0.2, -0.15) is 0 Å². The van der Waals surface area contributed by atoms with Crippen molar-refractivity contribution in [3.8, 4) is 28.4 Å². The molecule has 0 aliphatic rings. The fraction of sp³-hybridized carbons (Fsp3) is 0.0833. The number of methoxy groups -OCH3 is 1. The molecule has 0 saturated carbocycles. The second-order valence-corrected chi connectivity index (χ2v) is 6.13. The monoisotopic (exact) mass is 388 g/mol. The number of esters is 1. The first-order valence-electron chi connectivity index (χ1n) is 8.94. The van der Waals surface area contributed by atoms with Gasteiger partial charge in [-0.1, -0.05) is 30.8 Å². The van der Waals surface area contributed by atoms with Gasteiger partial charge in [0, 0.05) is 0 Å². The van der Waals surface area contributed by atoms with Gasteiger partial charge >= 0.3 is 5.97 Å². The zero-order valence-electron chi connectivity index (χ0n) is 16.0. The van der Waals surface area contributed by atoms with E-state index < -0.39 is 5.97 Å². The molecule has 0 aliphatic carbocycles. The topological polar surface area (TPSA) is 61.8 Å². The van der Waals surface area contributed by atoms with Crippen molar-refractivity contribution in [2.45, 2.75) is 0 Å². The summed E-state index contributed by atoms with van der Waals surface area (Å²) in [6.45, 7) is 3.38. The van der Waals surface area contributed by atoms with Crippen LogP contribution in [0.3, 0.4) is 0 Å². The Bertz CT molecular complexity index is 987. The van der Waals surface area contributed by atoms with Crippen LogP contribution < -0.4 is 14.2 Å². The molecule has 0 atom stereocenters. The molecule has 0 N–H and O–H groups in total. The number of carbonyl (C=O) groups excluding carboxylic acids is 2. The van der Waals surface area contributed by atoms with Crippen LogP contribution in [-0.4, -0.2) is 25.5 Å². The lowest BCUT2D eigenvalue weighted by atomic mass is 10.0. The number of benzene rings is 3. The van der Waals surface area contributed by atoms with Gasteiger partial charge in [0.25, 0.3) is 0 Å². The second kappa shape index (κ2) is 9.37. The molecule has 0 saturated heterocycles. The van der Waals surface area contributed by atoms with Gasteiger partial charge in [-0.05, 0) is 65.7 Å². The van der Waals surface area contributed by atoms with E-state index in [1.807, 2.05) is 24.3 Å². The van der Waals surface area contributed by atoms with Crippen molar-refractivity contribution in [1.82, 2.24) is 0 Å². The maximum Gasteiger partial charge on any atom is 0.343 e. The Morgan fingerprint density at radius 3 is 1.86 bits per heavy atom. The minimum Gasteiger partial charge on any atom is -0.497 e. The van der Waals surface area contributed by atoms with Crippen molar-refractivity contribution in [2.24, 2.45) is 0 Å². The third-order valence-corrected chi connectivity index (χ3v) is 4.19. The summed E-state index contributed by atoms with van der Waals surface area (Å²) in [6, 6.07) is 21.3. The minimum atomic E-state index is -0.433. The van der Waals surface area contributed by atoms with Crippen LogP contribution in [0.15, 0.2) is 85.5 Å². The van der Waals surface area contributed by atoms with Gasteiger partial charge in [-0.3, -0.25) is 4.79 Å². The summed E-state index contributed by atoms with van der Waals surface area (Å²) in [4.78, 5) is 23.5. The number of ketones is 1. The Labute approximate surface area is 169 Å². The summed E-state index contributed by atoms with van der Waals surface area (Å²) in [6.07, 6.45) is 1.23. The van der Waals surface area contributed by atoms with Crippen molar-refractivity contribution in [3.05, 3.63) is 91.0 Å². The molecule has 0 radical (unpaired) electrons. The number of hydrogen-bond donors (Lipinski definition) is 0. The highest BCUT2D eigenvalue weighted by molar-refractivity contribution is 5.91. The van der Waals surface area contributed by atoms with Crippen molar-refractivity contribution in [2.75, 3.05) is 13.7 Å². The zero-order chi connectivity index (χ0) is 20.6. The molecule has 0 bridgehead atoms. The normalized spacial score (nSPS) is 10.1. The SMILES string of the molecule is C=CC(=O)COc1ccc(-c2ccc(C(=O)Oc3ccc(OC)cc3)cc2)cc1. The molecule has 0 spiro atoms. The highest BCUT2D eigenvalue weighted by atomic mass is 16.5. The molecular weight excluding hydrogens is 368 g/mol. The smallest absolute Gasteiger partial charge is 0.343 e. The Morgan fingerprint density at radius 2 is 1.31 bits per heavy atom. The maximum atomic E-state index is 12.3. The Hall–Kier alpha value is -3.86. The third kappa shape index (κ3) is 5.32. The van der Waals surface area contributed by atoms with E-state index in [4.69, 9.17) is 14.2 Å². The van der Waals surface area contributed by atoms with Crippen molar-refractivity contribution >= 4 is 11.8 Å². The predicted octanol–water partition coefficient (Wildman–Crippen LogP) is 4.72. The highest BCUT2D eigenvalue weighted by Crippen LogP contribution is 2.24. The van der Waals surface area contributed by atoms with Crippen LogP contribution in [0.25, 0.3) is 11.1 Å². The quantitative estimate of drug-likeness (QED) is 0.318. The van der Waals surface area contributed by atoms with Crippen LogP contribution in [0.1, 0.15) is 10.4 Å². The molecule has 5 nitrogen and oxygen atoms in total. The van der Waals surface area contributed by atoms with E-state index in [0.717, 1.165) is 11.1 Å². The van der Waals surface area contributed by atoms with Gasteiger partial charge in [0.1, 0.15) is 17.2 Å². The van der Waals surface area contributed by atoms with E-state index in [-0.39, 0.29) is 12.4 Å². The Kier molecular flexibility index (Phi) is 6.43. The number of ether oxygens (including phenoxy) is 3. The first-order valence-corrected chi connectivity index (χ1v) is 8.94. The van der Waals surface area contributed by atoms with Gasteiger partial charge in [0.2, 0.25) is 0 Å². The summed E-state index contributed by atoms with van der Waals surface area (Å²) < 4.78 is 15.8. The third-order valence-electron chi connectivity index (χ3n) is 4.19. The summed E-state index contributed by atoms with van der Waals surface area (Å²) in [5.41, 5.74) is 2.36. The standard InChI is InChI=1S/C24H20O5/c1-3-20(25)16-28-22-10-8-18(9-11-22)17-4-6-19(7-5-17)24(26)29-23-14-12-21(27-2)13-15-23/h3-15H,1,16H2,2H3. The lowest BCUT2D eigenvalue weighted by Gasteiger charge is -2.08. The van der Waals surface area contributed by atoms with Crippen molar-refractivity contribution in [3.63, 3.8) is 0 Å². The summed E-state index contributed by atoms with van der Waals surface area (Å²) in [5.74, 6) is 1.13. The lowest BCUT2D eigenvalue weighted by molar-refractivity contribution is -0.116. The highest BCUT2D eigenvalue weighted by Gasteiger charge is 2.09. The van der Waals surface area contributed by atoms with E-state index in [1.165, 1.54) is 6.08 Å². The predicted molar refractivity (Wildman–Crippen MR) is 111 cm³/mol. The molecule has 0 unspecified atom stereocenters. The largest absolute Gasteiger partial charge is 0.497 e. The van der Waals surface area contributed by atoms with Crippen LogP contribution in [0, 0.1) is 0 Å². The second-order valence-electron chi connectivity index (χ2n) is 6.13. The Morgan fingerprint density at radius 1 is 0.793 bits per heavy atom. The van der Waals surface area contributed by atoms with E-state index in [1.54, 1.807) is 55.6 Å². The molecule has 3 rings (SSSR count). The van der Waals surface area contributed by atoms with Gasteiger partial charge < -0.3 is 14.2 Å². The molecule has 0 fully saturated rings. The van der Waals surface area contributed by atoms with Gasteiger partial charge in [-0.15, -0.1) is 0 Å². The zero-order valence-corrected chi connectivity index (χ0v) is 16.0. The van der Waals surface area contributed by atoms with E-state index >= 15 is 0 Å². The first kappa shape index (κ1) is 19.9. The number of hydrogen-bond acceptors (Lipinski definition) is 5. The van der Waals surface area contributed by atoms with Crippen LogP contribution in [0.2, 0.25) is 0 Å². The molecule has 3 aromatic carbocycles. The molecule has 29 heavy (non-hydrogen) atoms. The van der Waals surface area contributed by atoms with Gasteiger partial charge in [0.05, 0.1) is 12.7 Å². The van der Waals surface area contributed by atoms with E-state index in [9.17, 15) is 9.59 Å². The van der Waals surface area contributed by atoms with Crippen LogP contribution in [0.4, 0.5) is 0 Å². The van der Waals surface area contributed by atoms with Crippen molar-refractivity contribution in [1.29, 1.82) is 0 Å². The van der Waals surface area contributed by atoms with E-state index in [2.05, 4.69) is 6.58 Å². The molecule has 0 aliphatic heterocycles. The fourth-order valence-electron chi connectivity index (χ4n) is 2.57.